The summed E-state index contributed by atoms with van der Waals surface area (Å²) in [6.07, 6.45) is 0. The predicted octanol–water partition coefficient (Wildman–Crippen LogP) is 8.82. The molecular weight excluding hydrogens is 434 g/mol. The molecule has 1 nitrogen and oxygen atoms in total. The molecule has 0 saturated carbocycles. The number of hydrogen-bond donors (Lipinski definition) is 1. The molecule has 6 aromatic carbocycles. The zero-order chi connectivity index (χ0) is 23.4. The number of fused-ring (bicyclic) bond motifs is 16. The van der Waals surface area contributed by atoms with Crippen LogP contribution in [0.4, 0.5) is 0 Å². The molecule has 0 atom stereocenters. The zero-order valence-electron chi connectivity index (χ0n) is 19.5. The quantitative estimate of drug-likeness (QED) is 0.235. The molecule has 1 spiro atoms. The number of para-hydroxylation sites is 1. The minimum atomic E-state index is -0.343. The normalized spacial score (nSPS) is 14.3. The van der Waals surface area contributed by atoms with Gasteiger partial charge in [-0.2, -0.15) is 0 Å². The summed E-state index contributed by atoms with van der Waals surface area (Å²) in [5, 5.41) is 5.19. The highest BCUT2D eigenvalue weighted by atomic mass is 14.7. The fourth-order valence-corrected chi connectivity index (χ4v) is 7.32. The van der Waals surface area contributed by atoms with Crippen LogP contribution in [-0.4, -0.2) is 4.98 Å². The van der Waals surface area contributed by atoms with Crippen LogP contribution >= 0.6 is 0 Å². The average molecular weight is 456 g/mol. The number of aromatic nitrogens is 1. The molecule has 0 fully saturated rings. The highest BCUT2D eigenvalue weighted by Gasteiger charge is 2.52. The maximum Gasteiger partial charge on any atom is 0.0732 e. The highest BCUT2D eigenvalue weighted by Crippen LogP contribution is 2.64. The van der Waals surface area contributed by atoms with Crippen molar-refractivity contribution in [2.45, 2.75) is 5.41 Å². The van der Waals surface area contributed by atoms with Gasteiger partial charge in [-0.15, -0.1) is 0 Å². The minimum Gasteiger partial charge on any atom is -0.354 e. The SMILES string of the molecule is c1ccc2c(c1)-c1ccccc1C21c2ccccc2-c2ccc3ccc4c5ccccc5[nH]c4c3c21. The van der Waals surface area contributed by atoms with E-state index in [1.165, 1.54) is 77.1 Å². The van der Waals surface area contributed by atoms with E-state index in [9.17, 15) is 0 Å². The first-order chi connectivity index (χ1) is 17.9. The lowest BCUT2D eigenvalue weighted by Crippen LogP contribution is -2.26. The third kappa shape index (κ3) is 1.98. The third-order valence-corrected chi connectivity index (χ3v) is 8.61. The van der Waals surface area contributed by atoms with Crippen molar-refractivity contribution in [2.75, 3.05) is 0 Å². The van der Waals surface area contributed by atoms with E-state index < -0.39 is 0 Å². The maximum atomic E-state index is 3.83. The minimum absolute atomic E-state index is 0.343. The van der Waals surface area contributed by atoms with Crippen LogP contribution in [0.2, 0.25) is 0 Å². The topological polar surface area (TPSA) is 15.8 Å². The number of benzene rings is 6. The van der Waals surface area contributed by atoms with Gasteiger partial charge in [-0.25, -0.2) is 0 Å². The van der Waals surface area contributed by atoms with Crippen molar-refractivity contribution in [3.63, 3.8) is 0 Å². The van der Waals surface area contributed by atoms with Crippen molar-refractivity contribution < 1.29 is 0 Å². The van der Waals surface area contributed by atoms with E-state index in [4.69, 9.17) is 0 Å². The lowest BCUT2D eigenvalue weighted by Gasteiger charge is -2.31. The fourth-order valence-electron chi connectivity index (χ4n) is 7.32. The first-order valence-electron chi connectivity index (χ1n) is 12.6. The number of aromatic amines is 1. The molecule has 0 saturated heterocycles. The largest absolute Gasteiger partial charge is 0.354 e. The molecule has 1 aromatic heterocycles. The van der Waals surface area contributed by atoms with Gasteiger partial charge in [0, 0.05) is 21.7 Å². The molecule has 1 heterocycles. The number of hydrogen-bond acceptors (Lipinski definition) is 0. The summed E-state index contributed by atoms with van der Waals surface area (Å²) in [5.74, 6) is 0. The summed E-state index contributed by atoms with van der Waals surface area (Å²) >= 11 is 0. The molecule has 2 aliphatic rings. The molecule has 0 radical (unpaired) electrons. The Morgan fingerprint density at radius 1 is 0.444 bits per heavy atom. The van der Waals surface area contributed by atoms with Crippen LogP contribution in [-0.2, 0) is 5.41 Å². The lowest BCUT2D eigenvalue weighted by atomic mass is 9.69. The van der Waals surface area contributed by atoms with Crippen LogP contribution in [0.1, 0.15) is 22.3 Å². The van der Waals surface area contributed by atoms with Gasteiger partial charge in [0.25, 0.3) is 0 Å². The van der Waals surface area contributed by atoms with Gasteiger partial charge in [0.15, 0.2) is 0 Å². The van der Waals surface area contributed by atoms with Crippen LogP contribution in [0.25, 0.3) is 54.8 Å². The van der Waals surface area contributed by atoms with Gasteiger partial charge >= 0.3 is 0 Å². The molecule has 166 valence electrons. The molecule has 2 aliphatic carbocycles. The maximum absolute atomic E-state index is 3.83. The summed E-state index contributed by atoms with van der Waals surface area (Å²) in [5.41, 5.74) is 13.0. The fraction of sp³-hybridized carbons (Fsp3) is 0.0286. The number of nitrogens with one attached hydrogen (secondary N) is 1. The van der Waals surface area contributed by atoms with E-state index in [2.05, 4.69) is 126 Å². The molecular formula is C35H21N. The van der Waals surface area contributed by atoms with E-state index in [-0.39, 0.29) is 5.41 Å². The van der Waals surface area contributed by atoms with Crippen LogP contribution in [0, 0.1) is 0 Å². The highest BCUT2D eigenvalue weighted by molar-refractivity contribution is 6.20. The Balaban J connectivity index is 1.58. The van der Waals surface area contributed by atoms with Crippen molar-refractivity contribution in [1.29, 1.82) is 0 Å². The van der Waals surface area contributed by atoms with Crippen molar-refractivity contribution in [2.24, 2.45) is 0 Å². The molecule has 1 N–H and O–H groups in total. The van der Waals surface area contributed by atoms with Crippen LogP contribution in [0.3, 0.4) is 0 Å². The van der Waals surface area contributed by atoms with Crippen molar-refractivity contribution in [3.8, 4) is 22.3 Å². The van der Waals surface area contributed by atoms with E-state index in [1.807, 2.05) is 0 Å². The summed E-state index contributed by atoms with van der Waals surface area (Å²) in [6, 6.07) is 45.0. The Morgan fingerprint density at radius 2 is 1.00 bits per heavy atom. The van der Waals surface area contributed by atoms with Gasteiger partial charge in [0.2, 0.25) is 0 Å². The van der Waals surface area contributed by atoms with Gasteiger partial charge in [0.1, 0.15) is 0 Å². The van der Waals surface area contributed by atoms with Crippen LogP contribution < -0.4 is 0 Å². The Hall–Kier alpha value is -4.62. The zero-order valence-corrected chi connectivity index (χ0v) is 19.5. The van der Waals surface area contributed by atoms with Gasteiger partial charge in [-0.1, -0.05) is 115 Å². The molecule has 0 bridgehead atoms. The second-order valence-corrected chi connectivity index (χ2v) is 10.1. The summed E-state index contributed by atoms with van der Waals surface area (Å²) in [7, 11) is 0. The number of H-pyrrole nitrogens is 1. The smallest absolute Gasteiger partial charge is 0.0732 e. The van der Waals surface area contributed by atoms with Crippen molar-refractivity contribution in [3.05, 3.63) is 144 Å². The van der Waals surface area contributed by atoms with Crippen LogP contribution in [0.5, 0.6) is 0 Å². The molecule has 9 rings (SSSR count). The van der Waals surface area contributed by atoms with Gasteiger partial charge in [-0.3, -0.25) is 0 Å². The Morgan fingerprint density at radius 3 is 1.69 bits per heavy atom. The molecule has 0 amide bonds. The first kappa shape index (κ1) is 18.7. The second-order valence-electron chi connectivity index (χ2n) is 10.1. The van der Waals surface area contributed by atoms with Gasteiger partial charge in [0.05, 0.1) is 10.9 Å². The first-order valence-corrected chi connectivity index (χ1v) is 12.6. The van der Waals surface area contributed by atoms with Gasteiger partial charge in [-0.05, 0) is 56.0 Å². The van der Waals surface area contributed by atoms with Crippen LogP contribution in [0.15, 0.2) is 121 Å². The van der Waals surface area contributed by atoms with E-state index >= 15 is 0 Å². The summed E-state index contributed by atoms with van der Waals surface area (Å²) in [4.78, 5) is 3.83. The van der Waals surface area contributed by atoms with E-state index in [0.717, 1.165) is 0 Å². The Bertz CT molecular complexity index is 1990. The van der Waals surface area contributed by atoms with Gasteiger partial charge < -0.3 is 4.98 Å². The van der Waals surface area contributed by atoms with Crippen molar-refractivity contribution in [1.82, 2.24) is 4.98 Å². The Kier molecular flexibility index (Phi) is 3.28. The Labute approximate surface area is 208 Å². The molecule has 36 heavy (non-hydrogen) atoms. The molecule has 7 aromatic rings. The van der Waals surface area contributed by atoms with E-state index in [0.29, 0.717) is 0 Å². The third-order valence-electron chi connectivity index (χ3n) is 8.61. The monoisotopic (exact) mass is 455 g/mol. The molecule has 1 heteroatoms. The van der Waals surface area contributed by atoms with E-state index in [1.54, 1.807) is 0 Å². The average Bonchev–Trinajstić information content (AvgIpc) is 3.57. The number of rotatable bonds is 0. The molecule has 0 aliphatic heterocycles. The molecule has 0 unspecified atom stereocenters. The second kappa shape index (κ2) is 6.33. The summed E-state index contributed by atoms with van der Waals surface area (Å²) < 4.78 is 0. The summed E-state index contributed by atoms with van der Waals surface area (Å²) in [6.45, 7) is 0. The predicted molar refractivity (Wildman–Crippen MR) is 150 cm³/mol. The lowest BCUT2D eigenvalue weighted by molar-refractivity contribution is 0.802. The standard InChI is InChI=1S/C35H21N/c1-5-13-28-22(9-1)23-10-2-6-14-29(23)35(28)30-15-7-3-11-24(30)26-19-17-21-18-20-27-25-12-4-8-16-31(25)36-34(27)32(21)33(26)35/h1-20,36H. The van der Waals surface area contributed by atoms with Crippen molar-refractivity contribution >= 4 is 32.6 Å².